The Bertz CT molecular complexity index is 785. The van der Waals surface area contributed by atoms with Crippen molar-refractivity contribution in [1.82, 2.24) is 19.9 Å². The topological polar surface area (TPSA) is 92.9 Å². The Hall–Kier alpha value is -2.83. The zero-order valence-corrected chi connectivity index (χ0v) is 10.5. The molecule has 3 aromatic rings. The standard InChI is InChI=1S/C13H12N4O3/c18-12(15-6-9-5-14-8-16-9)7-17-10-3-1-2-4-11(10)20-13(17)19/h1-5,8H,6-7H2,(H,14,16)(H,15,18). The summed E-state index contributed by atoms with van der Waals surface area (Å²) in [5.74, 6) is -0.809. The first-order valence-corrected chi connectivity index (χ1v) is 6.06. The molecule has 0 aliphatic heterocycles. The third-order valence-electron chi connectivity index (χ3n) is 2.91. The summed E-state index contributed by atoms with van der Waals surface area (Å²) in [5, 5.41) is 2.70. The van der Waals surface area contributed by atoms with Crippen molar-refractivity contribution in [2.75, 3.05) is 0 Å². The number of benzene rings is 1. The van der Waals surface area contributed by atoms with Gasteiger partial charge in [-0.1, -0.05) is 12.1 Å². The van der Waals surface area contributed by atoms with Crippen molar-refractivity contribution in [3.63, 3.8) is 0 Å². The average Bonchev–Trinajstić information content (AvgIpc) is 3.06. The molecule has 20 heavy (non-hydrogen) atoms. The quantitative estimate of drug-likeness (QED) is 0.728. The minimum atomic E-state index is -0.539. The van der Waals surface area contributed by atoms with E-state index in [1.165, 1.54) is 10.9 Å². The van der Waals surface area contributed by atoms with Crippen molar-refractivity contribution in [3.05, 3.63) is 53.0 Å². The fourth-order valence-electron chi connectivity index (χ4n) is 1.94. The molecule has 0 radical (unpaired) electrons. The summed E-state index contributed by atoms with van der Waals surface area (Å²) in [7, 11) is 0. The summed E-state index contributed by atoms with van der Waals surface area (Å²) in [6.07, 6.45) is 3.16. The number of oxazole rings is 1. The predicted molar refractivity (Wildman–Crippen MR) is 70.9 cm³/mol. The Kier molecular flexibility index (Phi) is 3.08. The average molecular weight is 272 g/mol. The number of aromatic amines is 1. The van der Waals surface area contributed by atoms with E-state index in [4.69, 9.17) is 4.42 Å². The van der Waals surface area contributed by atoms with Gasteiger partial charge in [0.15, 0.2) is 5.58 Å². The maximum absolute atomic E-state index is 11.9. The lowest BCUT2D eigenvalue weighted by Gasteiger charge is -2.04. The highest BCUT2D eigenvalue weighted by atomic mass is 16.4. The molecular weight excluding hydrogens is 260 g/mol. The molecule has 2 N–H and O–H groups in total. The van der Waals surface area contributed by atoms with E-state index < -0.39 is 5.76 Å². The number of rotatable bonds is 4. The molecule has 0 unspecified atom stereocenters. The number of nitrogens with zero attached hydrogens (tertiary/aromatic N) is 2. The van der Waals surface area contributed by atoms with Crippen LogP contribution in [0.2, 0.25) is 0 Å². The van der Waals surface area contributed by atoms with Crippen LogP contribution >= 0.6 is 0 Å². The molecule has 0 atom stereocenters. The molecule has 0 spiro atoms. The van der Waals surface area contributed by atoms with Crippen LogP contribution in [0.4, 0.5) is 0 Å². The fraction of sp³-hybridized carbons (Fsp3) is 0.154. The third-order valence-corrected chi connectivity index (χ3v) is 2.91. The molecule has 0 saturated carbocycles. The van der Waals surface area contributed by atoms with Crippen LogP contribution in [-0.4, -0.2) is 20.4 Å². The summed E-state index contributed by atoms with van der Waals surface area (Å²) in [6.45, 7) is 0.257. The van der Waals surface area contributed by atoms with Crippen LogP contribution in [0, 0.1) is 0 Å². The Labute approximate surface area is 113 Å². The second-order valence-corrected chi connectivity index (χ2v) is 4.28. The van der Waals surface area contributed by atoms with Crippen LogP contribution in [0.3, 0.4) is 0 Å². The Balaban J connectivity index is 1.74. The van der Waals surface area contributed by atoms with Gasteiger partial charge in [0.25, 0.3) is 0 Å². The monoisotopic (exact) mass is 272 g/mol. The highest BCUT2D eigenvalue weighted by Gasteiger charge is 2.11. The number of imidazole rings is 1. The summed E-state index contributed by atoms with van der Waals surface area (Å²) >= 11 is 0. The van der Waals surface area contributed by atoms with Crippen LogP contribution in [0.25, 0.3) is 11.1 Å². The van der Waals surface area contributed by atoms with Crippen molar-refractivity contribution in [3.8, 4) is 0 Å². The minimum Gasteiger partial charge on any atom is -0.408 e. The molecule has 2 heterocycles. The number of hydrogen-bond acceptors (Lipinski definition) is 4. The maximum Gasteiger partial charge on any atom is 0.420 e. The van der Waals surface area contributed by atoms with Crippen molar-refractivity contribution in [1.29, 1.82) is 0 Å². The lowest BCUT2D eigenvalue weighted by atomic mass is 10.3. The Morgan fingerprint density at radius 3 is 3.05 bits per heavy atom. The van der Waals surface area contributed by atoms with Gasteiger partial charge < -0.3 is 14.7 Å². The largest absolute Gasteiger partial charge is 0.420 e. The number of aromatic nitrogens is 3. The van der Waals surface area contributed by atoms with Crippen molar-refractivity contribution >= 4 is 17.0 Å². The van der Waals surface area contributed by atoms with Gasteiger partial charge in [-0.3, -0.25) is 9.36 Å². The zero-order chi connectivity index (χ0) is 13.9. The van der Waals surface area contributed by atoms with E-state index in [0.29, 0.717) is 17.6 Å². The predicted octanol–water partition coefficient (Wildman–Crippen LogP) is 0.634. The van der Waals surface area contributed by atoms with Crippen LogP contribution in [-0.2, 0) is 17.9 Å². The molecule has 102 valence electrons. The fourth-order valence-corrected chi connectivity index (χ4v) is 1.94. The highest BCUT2D eigenvalue weighted by molar-refractivity contribution is 5.79. The summed E-state index contributed by atoms with van der Waals surface area (Å²) < 4.78 is 6.36. The van der Waals surface area contributed by atoms with Crippen molar-refractivity contribution in [2.45, 2.75) is 13.1 Å². The maximum atomic E-state index is 11.9. The molecule has 0 bridgehead atoms. The summed E-state index contributed by atoms with van der Waals surface area (Å²) in [6, 6.07) is 6.99. The van der Waals surface area contributed by atoms with E-state index in [1.807, 2.05) is 0 Å². The number of para-hydroxylation sites is 2. The summed E-state index contributed by atoms with van der Waals surface area (Å²) in [5.41, 5.74) is 1.87. The van der Waals surface area contributed by atoms with E-state index in [1.54, 1.807) is 30.5 Å². The van der Waals surface area contributed by atoms with E-state index in [9.17, 15) is 9.59 Å². The van der Waals surface area contributed by atoms with Gasteiger partial charge in [-0.05, 0) is 12.1 Å². The van der Waals surface area contributed by atoms with Gasteiger partial charge in [-0.25, -0.2) is 9.78 Å². The molecular formula is C13H12N4O3. The SMILES string of the molecule is O=C(Cn1c(=O)oc2ccccc21)NCc1cnc[nH]1. The van der Waals surface area contributed by atoms with E-state index in [0.717, 1.165) is 5.69 Å². The molecule has 0 fully saturated rings. The molecule has 7 heteroatoms. The zero-order valence-electron chi connectivity index (χ0n) is 10.5. The molecule has 7 nitrogen and oxygen atoms in total. The Morgan fingerprint density at radius 2 is 2.25 bits per heavy atom. The molecule has 3 rings (SSSR count). The van der Waals surface area contributed by atoms with Crippen LogP contribution in [0.5, 0.6) is 0 Å². The normalized spacial score (nSPS) is 10.8. The second-order valence-electron chi connectivity index (χ2n) is 4.28. The first kappa shape index (κ1) is 12.2. The van der Waals surface area contributed by atoms with E-state index >= 15 is 0 Å². The van der Waals surface area contributed by atoms with E-state index in [2.05, 4.69) is 15.3 Å². The van der Waals surface area contributed by atoms with Crippen LogP contribution in [0.1, 0.15) is 5.69 Å². The molecule has 1 amide bonds. The van der Waals surface area contributed by atoms with Crippen molar-refractivity contribution < 1.29 is 9.21 Å². The van der Waals surface area contributed by atoms with Gasteiger partial charge in [-0.15, -0.1) is 0 Å². The molecule has 2 aromatic heterocycles. The number of carbonyl (C=O) groups is 1. The second kappa shape index (κ2) is 5.04. The first-order chi connectivity index (χ1) is 9.74. The number of hydrogen-bond donors (Lipinski definition) is 2. The molecule has 1 aromatic carbocycles. The minimum absolute atomic E-state index is 0.0794. The van der Waals surface area contributed by atoms with Crippen molar-refractivity contribution in [2.24, 2.45) is 0 Å². The van der Waals surface area contributed by atoms with Gasteiger partial charge in [0.2, 0.25) is 5.91 Å². The first-order valence-electron chi connectivity index (χ1n) is 6.06. The highest BCUT2D eigenvalue weighted by Crippen LogP contribution is 2.11. The molecule has 0 aliphatic carbocycles. The van der Waals surface area contributed by atoms with Gasteiger partial charge in [0.1, 0.15) is 6.54 Å². The lowest BCUT2D eigenvalue weighted by Crippen LogP contribution is -2.30. The van der Waals surface area contributed by atoms with Crippen LogP contribution in [0.15, 0.2) is 46.0 Å². The van der Waals surface area contributed by atoms with Gasteiger partial charge in [0, 0.05) is 6.20 Å². The lowest BCUT2D eigenvalue weighted by molar-refractivity contribution is -0.121. The number of H-pyrrole nitrogens is 1. The molecule has 0 saturated heterocycles. The third kappa shape index (κ3) is 2.33. The number of fused-ring (bicyclic) bond motifs is 1. The number of nitrogens with one attached hydrogen (secondary N) is 2. The van der Waals surface area contributed by atoms with Gasteiger partial charge in [0.05, 0.1) is 24.1 Å². The molecule has 0 aliphatic rings. The van der Waals surface area contributed by atoms with Gasteiger partial charge >= 0.3 is 5.76 Å². The van der Waals surface area contributed by atoms with Crippen LogP contribution < -0.4 is 11.1 Å². The smallest absolute Gasteiger partial charge is 0.408 e. The Morgan fingerprint density at radius 1 is 1.40 bits per heavy atom. The summed E-state index contributed by atoms with van der Waals surface area (Å²) in [4.78, 5) is 30.3. The van der Waals surface area contributed by atoms with Gasteiger partial charge in [-0.2, -0.15) is 0 Å². The number of amides is 1. The number of carbonyl (C=O) groups excluding carboxylic acids is 1. The van der Waals surface area contributed by atoms with E-state index in [-0.39, 0.29) is 12.5 Å².